The lowest BCUT2D eigenvalue weighted by molar-refractivity contribution is -0.233. The standard InChI is InChI=1S/C7H14N2O6/c8-7(14)9-6-5(13)4(12)3(11)2(1-10)15-6/h2-6,10-13H,1H2,(H3,8,9,14)/t2-,3-,4+,5+,6?/m1/s1. The predicted octanol–water partition coefficient (Wildman–Crippen LogP) is -3.55. The summed E-state index contributed by atoms with van der Waals surface area (Å²) in [6.45, 7) is -0.554. The van der Waals surface area contributed by atoms with Crippen LogP contribution in [0.2, 0.25) is 0 Å². The topological polar surface area (TPSA) is 145 Å². The van der Waals surface area contributed by atoms with Crippen LogP contribution in [0.1, 0.15) is 0 Å². The molecule has 0 aromatic heterocycles. The summed E-state index contributed by atoms with van der Waals surface area (Å²) < 4.78 is 4.92. The van der Waals surface area contributed by atoms with E-state index >= 15 is 0 Å². The molecule has 15 heavy (non-hydrogen) atoms. The van der Waals surface area contributed by atoms with E-state index in [9.17, 15) is 20.1 Å². The summed E-state index contributed by atoms with van der Waals surface area (Å²) in [5.74, 6) is 0. The third kappa shape index (κ3) is 2.55. The van der Waals surface area contributed by atoms with Gasteiger partial charge in [0.25, 0.3) is 0 Å². The van der Waals surface area contributed by atoms with Gasteiger partial charge in [-0.25, -0.2) is 4.79 Å². The maximum absolute atomic E-state index is 10.5. The van der Waals surface area contributed by atoms with Gasteiger partial charge in [-0.1, -0.05) is 0 Å². The van der Waals surface area contributed by atoms with Crippen LogP contribution in [0, 0.1) is 0 Å². The van der Waals surface area contributed by atoms with E-state index in [0.717, 1.165) is 0 Å². The molecule has 0 radical (unpaired) electrons. The minimum absolute atomic E-state index is 0.554. The summed E-state index contributed by atoms with van der Waals surface area (Å²) in [6, 6.07) is -0.945. The van der Waals surface area contributed by atoms with Crippen molar-refractivity contribution >= 4 is 6.03 Å². The highest BCUT2D eigenvalue weighted by atomic mass is 16.6. The molecule has 2 amide bonds. The number of carbonyl (C=O) groups excluding carboxylic acids is 1. The van der Waals surface area contributed by atoms with Crippen molar-refractivity contribution in [3.8, 4) is 0 Å². The number of urea groups is 1. The fraction of sp³-hybridized carbons (Fsp3) is 0.857. The zero-order chi connectivity index (χ0) is 11.6. The normalized spacial score (nSPS) is 41.2. The van der Waals surface area contributed by atoms with Gasteiger partial charge in [-0.05, 0) is 0 Å². The van der Waals surface area contributed by atoms with Crippen molar-refractivity contribution in [3.63, 3.8) is 0 Å². The van der Waals surface area contributed by atoms with Gasteiger partial charge in [0.05, 0.1) is 6.61 Å². The second-order valence-electron chi connectivity index (χ2n) is 3.26. The molecule has 1 aliphatic rings. The van der Waals surface area contributed by atoms with Gasteiger partial charge in [0.15, 0.2) is 6.23 Å². The SMILES string of the molecule is NC(=O)NC1O[C@H](CO)[C@@H](O)[C@H](O)[C@@H]1O. The van der Waals surface area contributed by atoms with Crippen LogP contribution in [0.5, 0.6) is 0 Å². The molecule has 1 rings (SSSR count). The maximum Gasteiger partial charge on any atom is 0.314 e. The first-order chi connectivity index (χ1) is 6.97. The summed E-state index contributed by atoms with van der Waals surface area (Å²) in [4.78, 5) is 10.5. The molecular formula is C7H14N2O6. The van der Waals surface area contributed by atoms with Crippen LogP contribution < -0.4 is 11.1 Å². The zero-order valence-electron chi connectivity index (χ0n) is 7.78. The number of aliphatic hydroxyl groups excluding tert-OH is 4. The molecule has 8 nitrogen and oxygen atoms in total. The molecule has 0 aliphatic carbocycles. The van der Waals surface area contributed by atoms with Gasteiger partial charge in [-0.3, -0.25) is 0 Å². The first-order valence-corrected chi connectivity index (χ1v) is 4.34. The van der Waals surface area contributed by atoms with Crippen LogP contribution >= 0.6 is 0 Å². The van der Waals surface area contributed by atoms with Crippen molar-refractivity contribution in [3.05, 3.63) is 0 Å². The molecule has 1 unspecified atom stereocenters. The van der Waals surface area contributed by atoms with Crippen LogP contribution in [0.15, 0.2) is 0 Å². The monoisotopic (exact) mass is 222 g/mol. The number of aliphatic hydroxyl groups is 4. The third-order valence-electron chi connectivity index (χ3n) is 2.18. The molecule has 0 spiro atoms. The summed E-state index contributed by atoms with van der Waals surface area (Å²) >= 11 is 0. The number of rotatable bonds is 2. The van der Waals surface area contributed by atoms with Crippen molar-refractivity contribution in [1.82, 2.24) is 5.32 Å². The van der Waals surface area contributed by atoms with Crippen molar-refractivity contribution in [2.45, 2.75) is 30.6 Å². The Balaban J connectivity index is 2.69. The van der Waals surface area contributed by atoms with Crippen LogP contribution in [0.4, 0.5) is 4.79 Å². The summed E-state index contributed by atoms with van der Waals surface area (Å²) in [6.07, 6.45) is -6.78. The fourth-order valence-electron chi connectivity index (χ4n) is 1.36. The minimum Gasteiger partial charge on any atom is -0.394 e. The molecule has 7 N–H and O–H groups in total. The molecular weight excluding hydrogens is 208 g/mol. The number of amides is 2. The first-order valence-electron chi connectivity index (χ1n) is 4.34. The van der Waals surface area contributed by atoms with Crippen molar-refractivity contribution < 1.29 is 30.0 Å². The Bertz CT molecular complexity index is 236. The summed E-state index contributed by atoms with van der Waals surface area (Å²) in [5.41, 5.74) is 4.80. The second-order valence-corrected chi connectivity index (χ2v) is 3.26. The van der Waals surface area contributed by atoms with Crippen molar-refractivity contribution in [2.75, 3.05) is 6.61 Å². The number of nitrogens with one attached hydrogen (secondary N) is 1. The highest BCUT2D eigenvalue weighted by molar-refractivity contribution is 5.71. The van der Waals surface area contributed by atoms with E-state index in [4.69, 9.17) is 15.6 Å². The van der Waals surface area contributed by atoms with E-state index < -0.39 is 43.3 Å². The lowest BCUT2D eigenvalue weighted by atomic mass is 9.98. The van der Waals surface area contributed by atoms with Crippen molar-refractivity contribution in [2.24, 2.45) is 5.73 Å². The van der Waals surface area contributed by atoms with Crippen LogP contribution in [-0.2, 0) is 4.74 Å². The molecule has 88 valence electrons. The summed E-state index contributed by atoms with van der Waals surface area (Å²) in [5, 5.41) is 38.9. The third-order valence-corrected chi connectivity index (χ3v) is 2.18. The highest BCUT2D eigenvalue weighted by Crippen LogP contribution is 2.19. The number of primary amides is 1. The quantitative estimate of drug-likeness (QED) is 0.285. The molecule has 0 bridgehead atoms. The highest BCUT2D eigenvalue weighted by Gasteiger charge is 2.43. The molecule has 5 atom stereocenters. The average Bonchev–Trinajstić information content (AvgIpc) is 2.18. The van der Waals surface area contributed by atoms with E-state index in [-0.39, 0.29) is 0 Å². The Kier molecular flexibility index (Phi) is 3.83. The minimum atomic E-state index is -1.52. The van der Waals surface area contributed by atoms with Crippen molar-refractivity contribution in [1.29, 1.82) is 0 Å². The van der Waals surface area contributed by atoms with Gasteiger partial charge in [-0.2, -0.15) is 0 Å². The predicted molar refractivity (Wildman–Crippen MR) is 46.5 cm³/mol. The Morgan fingerprint density at radius 3 is 2.33 bits per heavy atom. The molecule has 1 fully saturated rings. The van der Waals surface area contributed by atoms with E-state index in [1.807, 2.05) is 5.32 Å². The van der Waals surface area contributed by atoms with E-state index in [1.165, 1.54) is 0 Å². The lowest BCUT2D eigenvalue weighted by Gasteiger charge is -2.39. The average molecular weight is 222 g/mol. The largest absolute Gasteiger partial charge is 0.394 e. The van der Waals surface area contributed by atoms with Crippen LogP contribution in [0.25, 0.3) is 0 Å². The molecule has 0 saturated carbocycles. The molecule has 0 aromatic rings. The number of nitrogens with two attached hydrogens (primary N) is 1. The van der Waals surface area contributed by atoms with Gasteiger partial charge in [0.1, 0.15) is 24.4 Å². The summed E-state index contributed by atoms with van der Waals surface area (Å²) in [7, 11) is 0. The number of ether oxygens (including phenoxy) is 1. The number of hydrogen-bond donors (Lipinski definition) is 6. The second kappa shape index (κ2) is 4.73. The van der Waals surface area contributed by atoms with E-state index in [2.05, 4.69) is 0 Å². The molecule has 1 heterocycles. The van der Waals surface area contributed by atoms with Gasteiger partial charge < -0.3 is 36.2 Å². The number of carbonyl (C=O) groups is 1. The Labute approximate surface area is 85.3 Å². The van der Waals surface area contributed by atoms with Gasteiger partial charge in [0.2, 0.25) is 0 Å². The number of hydrogen-bond acceptors (Lipinski definition) is 6. The molecule has 1 aliphatic heterocycles. The Morgan fingerprint density at radius 2 is 1.87 bits per heavy atom. The molecule has 1 saturated heterocycles. The fourth-order valence-corrected chi connectivity index (χ4v) is 1.36. The molecule has 0 aromatic carbocycles. The van der Waals surface area contributed by atoms with Gasteiger partial charge in [0, 0.05) is 0 Å². The first kappa shape index (κ1) is 12.1. The smallest absolute Gasteiger partial charge is 0.314 e. The van der Waals surface area contributed by atoms with Crippen LogP contribution in [0.3, 0.4) is 0 Å². The van der Waals surface area contributed by atoms with Gasteiger partial charge in [-0.15, -0.1) is 0 Å². The maximum atomic E-state index is 10.5. The Hall–Kier alpha value is -0.930. The van der Waals surface area contributed by atoms with E-state index in [1.54, 1.807) is 0 Å². The van der Waals surface area contributed by atoms with Crippen LogP contribution in [-0.4, -0.2) is 63.7 Å². The van der Waals surface area contributed by atoms with Gasteiger partial charge >= 0.3 is 6.03 Å². The van der Waals surface area contributed by atoms with E-state index in [0.29, 0.717) is 0 Å². The Morgan fingerprint density at radius 1 is 1.27 bits per heavy atom. The lowest BCUT2D eigenvalue weighted by Crippen LogP contribution is -2.63. The zero-order valence-corrected chi connectivity index (χ0v) is 7.78. The molecule has 8 heteroatoms.